The van der Waals surface area contributed by atoms with Crippen LogP contribution in [0.2, 0.25) is 0 Å². The van der Waals surface area contributed by atoms with E-state index in [0.29, 0.717) is 6.54 Å². The Balaban J connectivity index is 1.87. The molecule has 1 aliphatic heterocycles. The van der Waals surface area contributed by atoms with E-state index in [0.717, 1.165) is 51.5 Å². The second-order valence-electron chi connectivity index (χ2n) is 5.98. The lowest BCUT2D eigenvalue weighted by Crippen LogP contribution is -2.49. The smallest absolute Gasteiger partial charge is 0.239 e. The number of hydrogen-bond acceptors (Lipinski definition) is 3. The van der Waals surface area contributed by atoms with Gasteiger partial charge in [0.25, 0.3) is 0 Å². The minimum atomic E-state index is -0.630. The summed E-state index contributed by atoms with van der Waals surface area (Å²) in [6.07, 6.45) is 8.27. The minimum absolute atomic E-state index is 0.0393. The molecule has 1 unspecified atom stereocenters. The molecule has 1 atom stereocenters. The van der Waals surface area contributed by atoms with Crippen LogP contribution < -0.4 is 5.32 Å². The van der Waals surface area contributed by atoms with Crippen molar-refractivity contribution in [2.75, 3.05) is 20.1 Å². The van der Waals surface area contributed by atoms with E-state index in [9.17, 15) is 9.90 Å². The van der Waals surface area contributed by atoms with E-state index < -0.39 is 5.60 Å². The lowest BCUT2D eigenvalue weighted by molar-refractivity contribution is -0.135. The first-order chi connectivity index (χ1) is 8.61. The third-order valence-corrected chi connectivity index (χ3v) is 4.30. The molecule has 104 valence electrons. The molecule has 0 radical (unpaired) electrons. The summed E-state index contributed by atoms with van der Waals surface area (Å²) < 4.78 is 0. The number of nitrogens with zero attached hydrogens (tertiary/aromatic N) is 1. The van der Waals surface area contributed by atoms with Crippen LogP contribution in [0.15, 0.2) is 0 Å². The molecule has 0 aromatic heterocycles. The molecule has 2 aliphatic rings. The van der Waals surface area contributed by atoms with Crippen molar-refractivity contribution >= 4 is 5.91 Å². The molecule has 0 aromatic carbocycles. The quantitative estimate of drug-likeness (QED) is 0.798. The molecule has 0 spiro atoms. The first-order valence-electron chi connectivity index (χ1n) is 7.31. The maximum Gasteiger partial charge on any atom is 0.239 e. The van der Waals surface area contributed by atoms with E-state index in [4.69, 9.17) is 0 Å². The van der Waals surface area contributed by atoms with E-state index in [2.05, 4.69) is 5.32 Å². The summed E-state index contributed by atoms with van der Waals surface area (Å²) in [7, 11) is 1.82. The summed E-state index contributed by atoms with van der Waals surface area (Å²) >= 11 is 0. The molecule has 1 amide bonds. The third-order valence-electron chi connectivity index (χ3n) is 4.30. The first kappa shape index (κ1) is 13.8. The number of amides is 1. The fourth-order valence-corrected chi connectivity index (χ4v) is 3.22. The Morgan fingerprint density at radius 3 is 2.72 bits per heavy atom. The molecule has 1 saturated carbocycles. The number of rotatable bonds is 3. The summed E-state index contributed by atoms with van der Waals surface area (Å²) in [6.45, 7) is 1.43. The molecule has 2 N–H and O–H groups in total. The molecule has 18 heavy (non-hydrogen) atoms. The highest BCUT2D eigenvalue weighted by Gasteiger charge is 2.34. The van der Waals surface area contributed by atoms with Gasteiger partial charge in [0.15, 0.2) is 0 Å². The molecule has 2 rings (SSSR count). The maximum absolute atomic E-state index is 12.3. The Labute approximate surface area is 110 Å². The van der Waals surface area contributed by atoms with Crippen molar-refractivity contribution < 1.29 is 9.90 Å². The zero-order chi connectivity index (χ0) is 13.0. The summed E-state index contributed by atoms with van der Waals surface area (Å²) in [6, 6.07) is -0.0393. The highest BCUT2D eigenvalue weighted by molar-refractivity contribution is 5.81. The van der Waals surface area contributed by atoms with Crippen LogP contribution in [0.3, 0.4) is 0 Å². The van der Waals surface area contributed by atoms with Gasteiger partial charge < -0.3 is 15.3 Å². The average molecular weight is 254 g/mol. The Bertz CT molecular complexity index is 280. The zero-order valence-electron chi connectivity index (χ0n) is 11.5. The molecule has 0 aromatic rings. The van der Waals surface area contributed by atoms with Crippen molar-refractivity contribution in [2.45, 2.75) is 63.0 Å². The zero-order valence-corrected chi connectivity index (χ0v) is 11.5. The van der Waals surface area contributed by atoms with E-state index >= 15 is 0 Å². The molecule has 4 nitrogen and oxygen atoms in total. The van der Waals surface area contributed by atoms with Gasteiger partial charge >= 0.3 is 0 Å². The van der Waals surface area contributed by atoms with Gasteiger partial charge in [0.1, 0.15) is 0 Å². The van der Waals surface area contributed by atoms with Gasteiger partial charge in [-0.2, -0.15) is 0 Å². The van der Waals surface area contributed by atoms with Crippen molar-refractivity contribution in [3.63, 3.8) is 0 Å². The van der Waals surface area contributed by atoms with Crippen molar-refractivity contribution in [1.29, 1.82) is 0 Å². The van der Waals surface area contributed by atoms with Crippen LogP contribution in [0.1, 0.15) is 51.4 Å². The van der Waals surface area contributed by atoms with E-state index in [-0.39, 0.29) is 11.9 Å². The molecule has 1 aliphatic carbocycles. The monoisotopic (exact) mass is 254 g/mol. The van der Waals surface area contributed by atoms with Crippen LogP contribution in [0, 0.1) is 0 Å². The van der Waals surface area contributed by atoms with Crippen LogP contribution in [0.5, 0.6) is 0 Å². The first-order valence-corrected chi connectivity index (χ1v) is 7.31. The summed E-state index contributed by atoms with van der Waals surface area (Å²) in [5.74, 6) is 0.150. The Kier molecular flexibility index (Phi) is 4.62. The lowest BCUT2D eigenvalue weighted by atomic mass is 10.0. The lowest BCUT2D eigenvalue weighted by Gasteiger charge is -2.31. The number of likely N-dealkylation sites (N-methyl/N-ethyl adjacent to an activating group) is 1. The van der Waals surface area contributed by atoms with Gasteiger partial charge in [-0.15, -0.1) is 0 Å². The van der Waals surface area contributed by atoms with Crippen LogP contribution in [0.4, 0.5) is 0 Å². The van der Waals surface area contributed by atoms with Gasteiger partial charge in [-0.1, -0.05) is 25.7 Å². The summed E-state index contributed by atoms with van der Waals surface area (Å²) in [5.41, 5.74) is -0.630. The maximum atomic E-state index is 12.3. The molecule has 4 heteroatoms. The fourth-order valence-electron chi connectivity index (χ4n) is 3.22. The predicted octanol–water partition coefficient (Wildman–Crippen LogP) is 1.28. The number of hydrogen-bond donors (Lipinski definition) is 2. The molecule has 1 heterocycles. The highest BCUT2D eigenvalue weighted by Crippen LogP contribution is 2.30. The summed E-state index contributed by atoms with van der Waals surface area (Å²) in [4.78, 5) is 14.1. The average Bonchev–Trinajstić information content (AvgIpc) is 2.63. The number of carbonyl (C=O) groups excluding carboxylic acids is 1. The normalized spacial score (nSPS) is 27.8. The largest absolute Gasteiger partial charge is 0.388 e. The molecular formula is C14H26N2O2. The van der Waals surface area contributed by atoms with Gasteiger partial charge in [-0.3, -0.25) is 4.79 Å². The van der Waals surface area contributed by atoms with Crippen molar-refractivity contribution in [3.05, 3.63) is 0 Å². The van der Waals surface area contributed by atoms with Gasteiger partial charge in [-0.05, 0) is 32.2 Å². The van der Waals surface area contributed by atoms with Crippen LogP contribution in [0.25, 0.3) is 0 Å². The van der Waals surface area contributed by atoms with Crippen molar-refractivity contribution in [1.82, 2.24) is 10.2 Å². The van der Waals surface area contributed by atoms with E-state index in [1.54, 1.807) is 4.90 Å². The topological polar surface area (TPSA) is 52.6 Å². The Morgan fingerprint density at radius 1 is 1.28 bits per heavy atom. The Morgan fingerprint density at radius 2 is 2.00 bits per heavy atom. The second kappa shape index (κ2) is 6.02. The standard InChI is InChI=1S/C14H26N2O2/c1-16(11-14(18)8-4-5-9-14)13(17)12-7-3-2-6-10-15-12/h12,15,18H,2-11H2,1H3. The third kappa shape index (κ3) is 3.45. The van der Waals surface area contributed by atoms with Crippen molar-refractivity contribution in [3.8, 4) is 0 Å². The number of nitrogens with one attached hydrogen (secondary N) is 1. The fraction of sp³-hybridized carbons (Fsp3) is 0.929. The van der Waals surface area contributed by atoms with Gasteiger partial charge in [0.05, 0.1) is 11.6 Å². The second-order valence-corrected chi connectivity index (χ2v) is 5.98. The number of aliphatic hydroxyl groups is 1. The van der Waals surface area contributed by atoms with Crippen LogP contribution in [-0.2, 0) is 4.79 Å². The number of carbonyl (C=O) groups is 1. The van der Waals surface area contributed by atoms with Gasteiger partial charge in [-0.25, -0.2) is 0 Å². The van der Waals surface area contributed by atoms with Gasteiger partial charge in [0, 0.05) is 13.6 Å². The molecule has 0 bridgehead atoms. The van der Waals surface area contributed by atoms with Crippen LogP contribution >= 0.6 is 0 Å². The summed E-state index contributed by atoms with van der Waals surface area (Å²) in [5, 5.41) is 13.7. The Hall–Kier alpha value is -0.610. The van der Waals surface area contributed by atoms with Gasteiger partial charge in [0.2, 0.25) is 5.91 Å². The van der Waals surface area contributed by atoms with Crippen molar-refractivity contribution in [2.24, 2.45) is 0 Å². The predicted molar refractivity (Wildman–Crippen MR) is 71.3 cm³/mol. The molecule has 2 fully saturated rings. The van der Waals surface area contributed by atoms with E-state index in [1.807, 2.05) is 7.05 Å². The molecular weight excluding hydrogens is 228 g/mol. The van der Waals surface area contributed by atoms with E-state index in [1.165, 1.54) is 6.42 Å². The molecule has 1 saturated heterocycles. The highest BCUT2D eigenvalue weighted by atomic mass is 16.3. The van der Waals surface area contributed by atoms with Crippen LogP contribution in [-0.4, -0.2) is 47.7 Å². The minimum Gasteiger partial charge on any atom is -0.388 e. The SMILES string of the molecule is CN(CC1(O)CCCC1)C(=O)C1CCCCCN1.